The van der Waals surface area contributed by atoms with Gasteiger partial charge in [0, 0.05) is 17.5 Å². The average Bonchev–Trinajstić information content (AvgIpc) is 2.38. The molecular formula is C15H11FN2O. The van der Waals surface area contributed by atoms with Gasteiger partial charge in [0.15, 0.2) is 0 Å². The Morgan fingerprint density at radius 2 is 1.89 bits per heavy atom. The van der Waals surface area contributed by atoms with Crippen LogP contribution in [0, 0.1) is 12.7 Å². The van der Waals surface area contributed by atoms with Crippen LogP contribution in [0.15, 0.2) is 47.4 Å². The molecule has 0 aliphatic heterocycles. The number of fused-ring (bicyclic) bond motifs is 1. The molecule has 2 heterocycles. The number of hydrogen-bond acceptors (Lipinski definition) is 2. The number of aromatic nitrogens is 2. The first-order valence-electron chi connectivity index (χ1n) is 5.90. The molecule has 19 heavy (non-hydrogen) atoms. The molecule has 0 amide bonds. The normalized spacial score (nSPS) is 10.8. The van der Waals surface area contributed by atoms with Gasteiger partial charge in [-0.15, -0.1) is 0 Å². The van der Waals surface area contributed by atoms with Crippen LogP contribution in [-0.4, -0.2) is 9.97 Å². The molecule has 3 rings (SSSR count). The third-order valence-corrected chi connectivity index (χ3v) is 3.00. The number of pyridine rings is 2. The van der Waals surface area contributed by atoms with Crippen molar-refractivity contribution in [1.82, 2.24) is 9.97 Å². The Labute approximate surface area is 108 Å². The Morgan fingerprint density at radius 1 is 1.16 bits per heavy atom. The maximum absolute atomic E-state index is 13.0. The van der Waals surface area contributed by atoms with Crippen LogP contribution in [0.3, 0.4) is 0 Å². The third-order valence-electron chi connectivity index (χ3n) is 3.00. The van der Waals surface area contributed by atoms with Gasteiger partial charge in [0.2, 0.25) is 0 Å². The van der Waals surface area contributed by atoms with E-state index in [4.69, 9.17) is 0 Å². The summed E-state index contributed by atoms with van der Waals surface area (Å²) in [6.07, 6.45) is 1.61. The van der Waals surface area contributed by atoms with E-state index in [1.54, 1.807) is 18.3 Å². The first-order chi connectivity index (χ1) is 9.15. The fourth-order valence-electron chi connectivity index (χ4n) is 2.16. The van der Waals surface area contributed by atoms with Crippen molar-refractivity contribution < 1.29 is 4.39 Å². The van der Waals surface area contributed by atoms with Crippen molar-refractivity contribution in [2.24, 2.45) is 0 Å². The first kappa shape index (κ1) is 11.6. The lowest BCUT2D eigenvalue weighted by Crippen LogP contribution is -2.07. The Hall–Kier alpha value is -2.49. The molecule has 1 N–H and O–H groups in total. The molecule has 0 aliphatic rings. The molecule has 0 spiro atoms. The number of benzene rings is 1. The second-order valence-corrected chi connectivity index (χ2v) is 4.39. The van der Waals surface area contributed by atoms with Gasteiger partial charge >= 0.3 is 0 Å². The summed E-state index contributed by atoms with van der Waals surface area (Å²) in [4.78, 5) is 19.0. The lowest BCUT2D eigenvalue weighted by atomic mass is 10.0. The summed E-state index contributed by atoms with van der Waals surface area (Å²) >= 11 is 0. The molecule has 0 atom stereocenters. The SMILES string of the molecule is Cc1cc2cc[nH]c(=O)c2c(-c2ccc(F)cc2)n1. The molecule has 4 heteroatoms. The van der Waals surface area contributed by atoms with Gasteiger partial charge in [-0.05, 0) is 48.7 Å². The number of rotatable bonds is 1. The number of halogens is 1. The lowest BCUT2D eigenvalue weighted by molar-refractivity contribution is 0.628. The van der Waals surface area contributed by atoms with E-state index in [2.05, 4.69) is 9.97 Å². The van der Waals surface area contributed by atoms with Crippen LogP contribution in [0.5, 0.6) is 0 Å². The number of H-pyrrole nitrogens is 1. The van der Waals surface area contributed by atoms with Crippen LogP contribution in [0.25, 0.3) is 22.0 Å². The molecule has 3 aromatic rings. The number of aromatic amines is 1. The highest BCUT2D eigenvalue weighted by molar-refractivity contribution is 5.93. The summed E-state index contributed by atoms with van der Waals surface area (Å²) in [5.74, 6) is -0.311. The highest BCUT2D eigenvalue weighted by Gasteiger charge is 2.10. The Balaban J connectivity index is 2.40. The quantitative estimate of drug-likeness (QED) is 0.725. The largest absolute Gasteiger partial charge is 0.328 e. The van der Waals surface area contributed by atoms with Crippen molar-refractivity contribution in [3.63, 3.8) is 0 Å². The molecule has 0 aliphatic carbocycles. The number of aryl methyl sites for hydroxylation is 1. The van der Waals surface area contributed by atoms with E-state index < -0.39 is 0 Å². The Kier molecular flexibility index (Phi) is 2.63. The van der Waals surface area contributed by atoms with E-state index in [1.807, 2.05) is 19.1 Å². The minimum Gasteiger partial charge on any atom is -0.328 e. The molecule has 94 valence electrons. The number of hydrogen-bond donors (Lipinski definition) is 1. The summed E-state index contributed by atoms with van der Waals surface area (Å²) in [5, 5.41) is 1.36. The van der Waals surface area contributed by atoms with Crippen molar-refractivity contribution in [3.8, 4) is 11.3 Å². The molecule has 0 unspecified atom stereocenters. The van der Waals surface area contributed by atoms with Crippen LogP contribution >= 0.6 is 0 Å². The molecule has 0 bridgehead atoms. The van der Waals surface area contributed by atoms with Gasteiger partial charge in [0.25, 0.3) is 5.56 Å². The van der Waals surface area contributed by atoms with E-state index in [9.17, 15) is 9.18 Å². The highest BCUT2D eigenvalue weighted by Crippen LogP contribution is 2.24. The molecule has 3 nitrogen and oxygen atoms in total. The number of nitrogens with zero attached hydrogens (tertiary/aromatic N) is 1. The molecule has 2 aromatic heterocycles. The van der Waals surface area contributed by atoms with Crippen molar-refractivity contribution in [1.29, 1.82) is 0 Å². The molecule has 0 saturated heterocycles. The van der Waals surface area contributed by atoms with Crippen LogP contribution in [-0.2, 0) is 0 Å². The standard InChI is InChI=1S/C15H11FN2O/c1-9-8-11-6-7-17-15(19)13(11)14(18-9)10-2-4-12(16)5-3-10/h2-8H,1H3,(H,17,19). The predicted molar refractivity (Wildman–Crippen MR) is 72.5 cm³/mol. The van der Waals surface area contributed by atoms with Crippen molar-refractivity contribution in [3.05, 3.63) is 64.5 Å². The zero-order chi connectivity index (χ0) is 13.4. The smallest absolute Gasteiger partial charge is 0.258 e. The van der Waals surface area contributed by atoms with Crippen molar-refractivity contribution >= 4 is 10.8 Å². The maximum Gasteiger partial charge on any atom is 0.258 e. The van der Waals surface area contributed by atoms with Gasteiger partial charge in [0.1, 0.15) is 5.82 Å². The second-order valence-electron chi connectivity index (χ2n) is 4.39. The first-order valence-corrected chi connectivity index (χ1v) is 5.90. The van der Waals surface area contributed by atoms with Crippen LogP contribution in [0.1, 0.15) is 5.69 Å². The van der Waals surface area contributed by atoms with Gasteiger partial charge in [0.05, 0.1) is 11.1 Å². The summed E-state index contributed by atoms with van der Waals surface area (Å²) in [6, 6.07) is 9.67. The fraction of sp³-hybridized carbons (Fsp3) is 0.0667. The van der Waals surface area contributed by atoms with Crippen LogP contribution in [0.2, 0.25) is 0 Å². The minimum atomic E-state index is -0.311. The second kappa shape index (κ2) is 4.31. The van der Waals surface area contributed by atoms with Gasteiger partial charge in [-0.3, -0.25) is 9.78 Å². The van der Waals surface area contributed by atoms with Gasteiger partial charge in [-0.1, -0.05) is 0 Å². The van der Waals surface area contributed by atoms with E-state index in [1.165, 1.54) is 12.1 Å². The minimum absolute atomic E-state index is 0.190. The predicted octanol–water partition coefficient (Wildman–Crippen LogP) is 3.04. The maximum atomic E-state index is 13.0. The third kappa shape index (κ3) is 2.01. The molecule has 0 saturated carbocycles. The Morgan fingerprint density at radius 3 is 2.63 bits per heavy atom. The average molecular weight is 254 g/mol. The lowest BCUT2D eigenvalue weighted by Gasteiger charge is -2.06. The van der Waals surface area contributed by atoms with E-state index in [-0.39, 0.29) is 11.4 Å². The summed E-state index contributed by atoms with van der Waals surface area (Å²) in [6.45, 7) is 1.87. The van der Waals surface area contributed by atoms with Gasteiger partial charge in [-0.25, -0.2) is 4.39 Å². The molecule has 0 radical (unpaired) electrons. The van der Waals surface area contributed by atoms with E-state index >= 15 is 0 Å². The summed E-state index contributed by atoms with van der Waals surface area (Å²) in [7, 11) is 0. The van der Waals surface area contributed by atoms with Gasteiger partial charge < -0.3 is 4.98 Å². The topological polar surface area (TPSA) is 45.8 Å². The number of nitrogens with one attached hydrogen (secondary N) is 1. The summed E-state index contributed by atoms with van der Waals surface area (Å²) in [5.41, 5.74) is 1.94. The highest BCUT2D eigenvalue weighted by atomic mass is 19.1. The van der Waals surface area contributed by atoms with E-state index in [0.29, 0.717) is 11.1 Å². The molecule has 0 fully saturated rings. The van der Waals surface area contributed by atoms with Crippen LogP contribution < -0.4 is 5.56 Å². The molecule has 1 aromatic carbocycles. The summed E-state index contributed by atoms with van der Waals surface area (Å²) < 4.78 is 13.0. The van der Waals surface area contributed by atoms with Crippen molar-refractivity contribution in [2.75, 3.05) is 0 Å². The van der Waals surface area contributed by atoms with Crippen molar-refractivity contribution in [2.45, 2.75) is 6.92 Å². The zero-order valence-corrected chi connectivity index (χ0v) is 10.3. The zero-order valence-electron chi connectivity index (χ0n) is 10.3. The van der Waals surface area contributed by atoms with E-state index in [0.717, 1.165) is 16.6 Å². The van der Waals surface area contributed by atoms with Crippen LogP contribution in [0.4, 0.5) is 4.39 Å². The van der Waals surface area contributed by atoms with Gasteiger partial charge in [-0.2, -0.15) is 0 Å². The fourth-order valence-corrected chi connectivity index (χ4v) is 2.16. The monoisotopic (exact) mass is 254 g/mol. The molecular weight excluding hydrogens is 243 g/mol. The Bertz CT molecular complexity index is 806.